The zero-order valence-corrected chi connectivity index (χ0v) is 12.1. The second-order valence-electron chi connectivity index (χ2n) is 6.98. The lowest BCUT2D eigenvalue weighted by Gasteiger charge is -2.27. The third-order valence-electron chi connectivity index (χ3n) is 5.81. The normalized spacial score (nSPS) is 34.5. The lowest BCUT2D eigenvalue weighted by Crippen LogP contribution is -2.10. The van der Waals surface area contributed by atoms with E-state index in [9.17, 15) is 0 Å². The van der Waals surface area contributed by atoms with Gasteiger partial charge in [-0.25, -0.2) is 0 Å². The van der Waals surface area contributed by atoms with Gasteiger partial charge in [0.15, 0.2) is 0 Å². The minimum absolute atomic E-state index is 0.937. The van der Waals surface area contributed by atoms with Crippen molar-refractivity contribution in [3.63, 3.8) is 0 Å². The molecule has 0 aromatic heterocycles. The maximum Gasteiger partial charge on any atom is -0.0150 e. The summed E-state index contributed by atoms with van der Waals surface area (Å²) in [4.78, 5) is 0. The van der Waals surface area contributed by atoms with Crippen LogP contribution in [0.3, 0.4) is 0 Å². The second-order valence-corrected chi connectivity index (χ2v) is 6.98. The fourth-order valence-electron chi connectivity index (χ4n) is 4.98. The molecule has 4 aliphatic rings. The van der Waals surface area contributed by atoms with Crippen LogP contribution in [0.2, 0.25) is 0 Å². The zero-order valence-electron chi connectivity index (χ0n) is 12.1. The van der Waals surface area contributed by atoms with Crippen LogP contribution in [0.4, 0.5) is 0 Å². The molecule has 0 heterocycles. The molecule has 2 atom stereocenters. The fourth-order valence-corrected chi connectivity index (χ4v) is 4.98. The molecule has 2 bridgehead atoms. The average molecular weight is 254 g/mol. The van der Waals surface area contributed by atoms with Gasteiger partial charge in [0.05, 0.1) is 0 Å². The van der Waals surface area contributed by atoms with Gasteiger partial charge in [-0.15, -0.1) is 0 Å². The van der Waals surface area contributed by atoms with Crippen LogP contribution in [-0.4, -0.2) is 0 Å². The van der Waals surface area contributed by atoms with E-state index >= 15 is 0 Å². The van der Waals surface area contributed by atoms with Crippen LogP contribution in [0.25, 0.3) is 0 Å². The molecule has 0 radical (unpaired) electrons. The molecule has 102 valence electrons. The first-order valence-corrected chi connectivity index (χ1v) is 8.56. The lowest BCUT2D eigenvalue weighted by atomic mass is 9.78. The molecule has 2 unspecified atom stereocenters. The fraction of sp³-hybridized carbons (Fsp3) is 0.684. The summed E-state index contributed by atoms with van der Waals surface area (Å²) in [6, 6.07) is 0. The monoisotopic (exact) mass is 254 g/mol. The van der Waals surface area contributed by atoms with Crippen molar-refractivity contribution in [2.45, 2.75) is 70.6 Å². The van der Waals surface area contributed by atoms with Crippen molar-refractivity contribution in [2.75, 3.05) is 0 Å². The summed E-state index contributed by atoms with van der Waals surface area (Å²) in [5.74, 6) is 1.87. The molecule has 4 aliphatic carbocycles. The van der Waals surface area contributed by atoms with Gasteiger partial charge in [0.1, 0.15) is 0 Å². The van der Waals surface area contributed by atoms with Crippen LogP contribution in [-0.2, 0) is 0 Å². The summed E-state index contributed by atoms with van der Waals surface area (Å²) in [7, 11) is 0. The first-order chi connectivity index (χ1) is 9.43. The molecular formula is C19H26. The molecule has 1 saturated carbocycles. The van der Waals surface area contributed by atoms with Crippen molar-refractivity contribution >= 4 is 0 Å². The van der Waals surface area contributed by atoms with Crippen molar-refractivity contribution in [3.8, 4) is 0 Å². The summed E-state index contributed by atoms with van der Waals surface area (Å²) in [6.45, 7) is 0. The molecular weight excluding hydrogens is 228 g/mol. The minimum atomic E-state index is 0.937. The van der Waals surface area contributed by atoms with Crippen molar-refractivity contribution in [1.29, 1.82) is 0 Å². The average Bonchev–Trinajstić information content (AvgIpc) is 3.10. The zero-order chi connectivity index (χ0) is 12.7. The smallest absolute Gasteiger partial charge is 0.0150 e. The van der Waals surface area contributed by atoms with E-state index in [-0.39, 0.29) is 0 Å². The molecule has 0 nitrogen and oxygen atoms in total. The van der Waals surface area contributed by atoms with E-state index in [1.807, 2.05) is 11.1 Å². The van der Waals surface area contributed by atoms with Gasteiger partial charge < -0.3 is 0 Å². The number of allylic oxidation sites excluding steroid dienone is 6. The molecule has 1 fully saturated rings. The van der Waals surface area contributed by atoms with Crippen LogP contribution < -0.4 is 0 Å². The first-order valence-electron chi connectivity index (χ1n) is 8.56. The predicted molar refractivity (Wildman–Crippen MR) is 81.0 cm³/mol. The van der Waals surface area contributed by atoms with Gasteiger partial charge in [0.25, 0.3) is 0 Å². The molecule has 0 saturated heterocycles. The summed E-state index contributed by atoms with van der Waals surface area (Å²) in [5, 5.41) is 0. The molecule has 0 aliphatic heterocycles. The molecule has 0 aromatic rings. The molecule has 4 rings (SSSR count). The van der Waals surface area contributed by atoms with Gasteiger partial charge in [-0.05, 0) is 105 Å². The summed E-state index contributed by atoms with van der Waals surface area (Å²) >= 11 is 0. The van der Waals surface area contributed by atoms with E-state index in [0.29, 0.717) is 0 Å². The lowest BCUT2D eigenvalue weighted by molar-refractivity contribution is 0.617. The van der Waals surface area contributed by atoms with Gasteiger partial charge in [-0.2, -0.15) is 0 Å². The van der Waals surface area contributed by atoms with Gasteiger partial charge in [0, 0.05) is 0 Å². The topological polar surface area (TPSA) is 0 Å². The summed E-state index contributed by atoms with van der Waals surface area (Å²) in [5.41, 5.74) is 7.23. The Kier molecular flexibility index (Phi) is 3.13. The molecule has 0 spiro atoms. The van der Waals surface area contributed by atoms with Crippen LogP contribution in [0.1, 0.15) is 70.6 Å². The van der Waals surface area contributed by atoms with Crippen molar-refractivity contribution in [2.24, 2.45) is 11.8 Å². The van der Waals surface area contributed by atoms with Crippen LogP contribution in [0, 0.1) is 11.8 Å². The predicted octanol–water partition coefficient (Wildman–Crippen LogP) is 5.71. The van der Waals surface area contributed by atoms with Gasteiger partial charge in [-0.1, -0.05) is 12.2 Å². The summed E-state index contributed by atoms with van der Waals surface area (Å²) in [6.07, 6.45) is 20.7. The Morgan fingerprint density at radius 1 is 0.684 bits per heavy atom. The summed E-state index contributed by atoms with van der Waals surface area (Å²) < 4.78 is 0. The highest BCUT2D eigenvalue weighted by Gasteiger charge is 2.41. The molecule has 0 aromatic carbocycles. The largest absolute Gasteiger partial charge is 0.0810 e. The van der Waals surface area contributed by atoms with Crippen LogP contribution >= 0.6 is 0 Å². The first kappa shape index (κ1) is 12.0. The van der Waals surface area contributed by atoms with E-state index in [1.165, 1.54) is 70.6 Å². The highest BCUT2D eigenvalue weighted by atomic mass is 14.5. The van der Waals surface area contributed by atoms with E-state index in [0.717, 1.165) is 11.8 Å². The van der Waals surface area contributed by atoms with Crippen LogP contribution in [0.15, 0.2) is 34.4 Å². The number of rotatable bonds is 2. The van der Waals surface area contributed by atoms with Gasteiger partial charge >= 0.3 is 0 Å². The Labute approximate surface area is 117 Å². The number of fused-ring (bicyclic) bond motifs is 2. The Morgan fingerprint density at radius 2 is 1.21 bits per heavy atom. The van der Waals surface area contributed by atoms with Gasteiger partial charge in [-0.3, -0.25) is 0 Å². The van der Waals surface area contributed by atoms with E-state index in [1.54, 1.807) is 11.1 Å². The molecule has 19 heavy (non-hydrogen) atoms. The van der Waals surface area contributed by atoms with Gasteiger partial charge in [0.2, 0.25) is 0 Å². The molecule has 0 heteroatoms. The van der Waals surface area contributed by atoms with Crippen LogP contribution in [0.5, 0.6) is 0 Å². The number of hydrogen-bond donors (Lipinski definition) is 0. The Balaban J connectivity index is 1.75. The minimum Gasteiger partial charge on any atom is -0.0810 e. The SMILES string of the molecule is C1=C(C2=C(C3=CCCCC3)C3CCC2C3)CCCC1. The highest BCUT2D eigenvalue weighted by Crippen LogP contribution is 2.55. The van der Waals surface area contributed by atoms with Crippen molar-refractivity contribution in [3.05, 3.63) is 34.4 Å². The maximum absolute atomic E-state index is 2.59. The third-order valence-corrected chi connectivity index (χ3v) is 5.81. The highest BCUT2D eigenvalue weighted by molar-refractivity contribution is 5.52. The Hall–Kier alpha value is -0.780. The van der Waals surface area contributed by atoms with E-state index in [2.05, 4.69) is 12.2 Å². The molecule has 0 amide bonds. The molecule has 0 N–H and O–H groups in total. The van der Waals surface area contributed by atoms with Crippen molar-refractivity contribution in [1.82, 2.24) is 0 Å². The maximum atomic E-state index is 2.59. The Morgan fingerprint density at radius 3 is 1.63 bits per heavy atom. The number of hydrogen-bond acceptors (Lipinski definition) is 0. The van der Waals surface area contributed by atoms with E-state index in [4.69, 9.17) is 0 Å². The quantitative estimate of drug-likeness (QED) is 0.591. The Bertz CT molecular complexity index is 418. The van der Waals surface area contributed by atoms with E-state index < -0.39 is 0 Å². The standard InChI is InChI=1S/C19H26/c1-3-7-14(8-4-1)18-16-11-12-17(13-16)19(18)15-9-5-2-6-10-15/h7,9,16-17H,1-6,8,10-13H2. The van der Waals surface area contributed by atoms with Crippen molar-refractivity contribution < 1.29 is 0 Å². The second kappa shape index (κ2) is 4.96. The third kappa shape index (κ3) is 2.04.